The fourth-order valence-corrected chi connectivity index (χ4v) is 3.34. The summed E-state index contributed by atoms with van der Waals surface area (Å²) < 4.78 is 5.11. The van der Waals surface area contributed by atoms with Crippen molar-refractivity contribution in [2.45, 2.75) is 12.5 Å². The van der Waals surface area contributed by atoms with Crippen molar-refractivity contribution >= 4 is 17.5 Å². The van der Waals surface area contributed by atoms with Gasteiger partial charge in [-0.2, -0.15) is 0 Å². The molecule has 2 aliphatic rings. The number of imide groups is 1. The first-order chi connectivity index (χ1) is 11.6. The Bertz CT molecular complexity index is 596. The molecule has 2 heterocycles. The number of benzene rings is 1. The number of methoxy groups -OCH3 is 1. The summed E-state index contributed by atoms with van der Waals surface area (Å²) in [6.07, 6.45) is 0.227. The molecule has 3 rings (SSSR count). The molecular weight excluding hydrogens is 310 g/mol. The predicted octanol–water partition coefficient (Wildman–Crippen LogP) is -0.0630. The number of rotatable bonds is 5. The number of hydrogen-bond acceptors (Lipinski definition) is 6. The lowest BCUT2D eigenvalue weighted by Gasteiger charge is -2.36. The Morgan fingerprint density at radius 3 is 2.38 bits per heavy atom. The van der Waals surface area contributed by atoms with E-state index in [1.54, 1.807) is 31.4 Å². The number of ether oxygens (including phenoxy) is 1. The SMILES string of the molecule is COc1ccc(N2C(=O)C[C@@H](N3CCN(CCO)CC3)C2=O)cc1. The van der Waals surface area contributed by atoms with Crippen LogP contribution in [-0.4, -0.2) is 79.2 Å². The molecule has 1 aromatic rings. The molecule has 0 saturated carbocycles. The minimum atomic E-state index is -0.379. The standard InChI is InChI=1S/C17H23N3O4/c1-24-14-4-2-13(3-5-14)20-16(22)12-15(17(20)23)19-8-6-18(7-9-19)10-11-21/h2-5,15,21H,6-12H2,1H3/t15-/m1/s1. The number of amides is 2. The summed E-state index contributed by atoms with van der Waals surface area (Å²) in [6, 6.07) is 6.58. The van der Waals surface area contributed by atoms with Crippen molar-refractivity contribution in [1.29, 1.82) is 0 Å². The molecule has 2 amide bonds. The lowest BCUT2D eigenvalue weighted by Crippen LogP contribution is -2.52. The Labute approximate surface area is 141 Å². The number of aliphatic hydroxyl groups excluding tert-OH is 1. The summed E-state index contributed by atoms with van der Waals surface area (Å²) in [5, 5.41) is 9.00. The van der Waals surface area contributed by atoms with Crippen molar-refractivity contribution in [3.63, 3.8) is 0 Å². The van der Waals surface area contributed by atoms with Crippen LogP contribution in [0, 0.1) is 0 Å². The fraction of sp³-hybridized carbons (Fsp3) is 0.529. The minimum absolute atomic E-state index is 0.145. The molecule has 0 bridgehead atoms. The summed E-state index contributed by atoms with van der Waals surface area (Å²) >= 11 is 0. The van der Waals surface area contributed by atoms with Crippen LogP contribution < -0.4 is 9.64 Å². The first-order valence-corrected chi connectivity index (χ1v) is 8.22. The van der Waals surface area contributed by atoms with Crippen molar-refractivity contribution in [2.24, 2.45) is 0 Å². The van der Waals surface area contributed by atoms with Gasteiger partial charge in [-0.25, -0.2) is 4.90 Å². The van der Waals surface area contributed by atoms with Crippen LogP contribution in [0.25, 0.3) is 0 Å². The van der Waals surface area contributed by atoms with Gasteiger partial charge >= 0.3 is 0 Å². The number of anilines is 1. The topological polar surface area (TPSA) is 73.3 Å². The van der Waals surface area contributed by atoms with E-state index in [9.17, 15) is 9.59 Å². The van der Waals surface area contributed by atoms with E-state index in [-0.39, 0.29) is 30.9 Å². The average molecular weight is 333 g/mol. The molecule has 0 aromatic heterocycles. The van der Waals surface area contributed by atoms with E-state index in [1.807, 2.05) is 0 Å². The molecule has 130 valence electrons. The van der Waals surface area contributed by atoms with E-state index in [0.29, 0.717) is 18.0 Å². The van der Waals surface area contributed by atoms with Gasteiger partial charge in [-0.3, -0.25) is 19.4 Å². The smallest absolute Gasteiger partial charge is 0.251 e. The van der Waals surface area contributed by atoms with E-state index in [2.05, 4.69) is 9.80 Å². The van der Waals surface area contributed by atoms with Crippen molar-refractivity contribution in [3.05, 3.63) is 24.3 Å². The van der Waals surface area contributed by atoms with Crippen LogP contribution in [-0.2, 0) is 9.59 Å². The molecule has 0 aliphatic carbocycles. The largest absolute Gasteiger partial charge is 0.497 e. The normalized spacial score (nSPS) is 23.1. The summed E-state index contributed by atoms with van der Waals surface area (Å²) in [6.45, 7) is 3.89. The van der Waals surface area contributed by atoms with E-state index in [1.165, 1.54) is 4.90 Å². The number of nitrogens with zero attached hydrogens (tertiary/aromatic N) is 3. The van der Waals surface area contributed by atoms with Crippen LogP contribution in [0.2, 0.25) is 0 Å². The predicted molar refractivity (Wildman–Crippen MR) is 89.0 cm³/mol. The van der Waals surface area contributed by atoms with Crippen LogP contribution in [0.5, 0.6) is 5.75 Å². The maximum absolute atomic E-state index is 12.8. The molecule has 7 nitrogen and oxygen atoms in total. The number of aliphatic hydroxyl groups is 1. The number of carbonyl (C=O) groups excluding carboxylic acids is 2. The highest BCUT2D eigenvalue weighted by Gasteiger charge is 2.43. The Morgan fingerprint density at radius 2 is 1.79 bits per heavy atom. The highest BCUT2D eigenvalue weighted by Crippen LogP contribution is 2.27. The minimum Gasteiger partial charge on any atom is -0.497 e. The molecule has 1 N–H and O–H groups in total. The zero-order valence-electron chi connectivity index (χ0n) is 13.9. The molecule has 0 radical (unpaired) electrons. The monoisotopic (exact) mass is 333 g/mol. The molecule has 24 heavy (non-hydrogen) atoms. The van der Waals surface area contributed by atoms with E-state index in [4.69, 9.17) is 9.84 Å². The van der Waals surface area contributed by atoms with E-state index in [0.717, 1.165) is 26.2 Å². The second-order valence-corrected chi connectivity index (χ2v) is 6.09. The van der Waals surface area contributed by atoms with Gasteiger partial charge in [-0.1, -0.05) is 0 Å². The molecule has 2 saturated heterocycles. The molecular formula is C17H23N3O4. The second-order valence-electron chi connectivity index (χ2n) is 6.09. The third kappa shape index (κ3) is 3.28. The molecule has 0 unspecified atom stereocenters. The Hall–Kier alpha value is -1.96. The Morgan fingerprint density at radius 1 is 1.12 bits per heavy atom. The van der Waals surface area contributed by atoms with Crippen molar-refractivity contribution < 1.29 is 19.4 Å². The summed E-state index contributed by atoms with van der Waals surface area (Å²) in [5.74, 6) is 0.378. The molecule has 1 atom stereocenters. The molecule has 2 fully saturated rings. The van der Waals surface area contributed by atoms with Gasteiger partial charge in [0.2, 0.25) is 5.91 Å². The molecule has 2 aliphatic heterocycles. The Kier molecular flexibility index (Phi) is 5.13. The Balaban J connectivity index is 1.68. The maximum Gasteiger partial charge on any atom is 0.251 e. The van der Waals surface area contributed by atoms with E-state index < -0.39 is 0 Å². The third-order valence-electron chi connectivity index (χ3n) is 4.72. The number of β-amino-alcohol motifs (C(OH)–C–C–N with tert-alkyl or cyclic N) is 1. The zero-order valence-corrected chi connectivity index (χ0v) is 13.9. The van der Waals surface area contributed by atoms with Crippen molar-refractivity contribution in [3.8, 4) is 5.75 Å². The highest BCUT2D eigenvalue weighted by atomic mass is 16.5. The van der Waals surface area contributed by atoms with Crippen molar-refractivity contribution in [1.82, 2.24) is 9.80 Å². The number of piperazine rings is 1. The second kappa shape index (κ2) is 7.29. The first-order valence-electron chi connectivity index (χ1n) is 8.22. The molecule has 1 aromatic carbocycles. The highest BCUT2D eigenvalue weighted by molar-refractivity contribution is 6.22. The lowest BCUT2D eigenvalue weighted by molar-refractivity contribution is -0.123. The first kappa shape index (κ1) is 16.9. The summed E-state index contributed by atoms with van der Waals surface area (Å²) in [5.41, 5.74) is 0.590. The van der Waals surface area contributed by atoms with E-state index >= 15 is 0 Å². The third-order valence-corrected chi connectivity index (χ3v) is 4.72. The van der Waals surface area contributed by atoms with Crippen LogP contribution >= 0.6 is 0 Å². The average Bonchev–Trinajstić information content (AvgIpc) is 2.90. The molecule has 0 spiro atoms. The maximum atomic E-state index is 12.8. The van der Waals surface area contributed by atoms with Gasteiger partial charge in [0.15, 0.2) is 0 Å². The van der Waals surface area contributed by atoms with Crippen molar-refractivity contribution in [2.75, 3.05) is 51.3 Å². The summed E-state index contributed by atoms with van der Waals surface area (Å²) in [7, 11) is 1.58. The van der Waals surface area contributed by atoms with Gasteiger partial charge in [0.1, 0.15) is 5.75 Å². The quantitative estimate of drug-likeness (QED) is 0.761. The fourth-order valence-electron chi connectivity index (χ4n) is 3.34. The van der Waals surface area contributed by atoms with Crippen LogP contribution in [0.4, 0.5) is 5.69 Å². The van der Waals surface area contributed by atoms with Gasteiger partial charge in [-0.05, 0) is 24.3 Å². The molecule has 7 heteroatoms. The zero-order chi connectivity index (χ0) is 17.1. The number of hydrogen-bond donors (Lipinski definition) is 1. The van der Waals surface area contributed by atoms with Crippen LogP contribution in [0.3, 0.4) is 0 Å². The van der Waals surface area contributed by atoms with Crippen LogP contribution in [0.1, 0.15) is 6.42 Å². The van der Waals surface area contributed by atoms with Crippen LogP contribution in [0.15, 0.2) is 24.3 Å². The van der Waals surface area contributed by atoms with Gasteiger partial charge in [0.25, 0.3) is 5.91 Å². The number of carbonyl (C=O) groups is 2. The van der Waals surface area contributed by atoms with Gasteiger partial charge in [-0.15, -0.1) is 0 Å². The van der Waals surface area contributed by atoms with Gasteiger partial charge < -0.3 is 9.84 Å². The van der Waals surface area contributed by atoms with Gasteiger partial charge in [0.05, 0.1) is 31.9 Å². The summed E-state index contributed by atoms with van der Waals surface area (Å²) in [4.78, 5) is 30.6. The van der Waals surface area contributed by atoms with Gasteiger partial charge in [0, 0.05) is 32.7 Å². The lowest BCUT2D eigenvalue weighted by atomic mass is 10.1.